The van der Waals surface area contributed by atoms with E-state index in [0.29, 0.717) is 18.1 Å². The molecule has 0 spiro atoms. The zero-order chi connectivity index (χ0) is 17.8. The molecule has 3 aromatic heterocycles. The molecule has 0 aliphatic rings. The lowest BCUT2D eigenvalue weighted by Crippen LogP contribution is -1.97. The van der Waals surface area contributed by atoms with E-state index in [0.717, 1.165) is 28.1 Å². The SMILES string of the molecule is COc1cccc(-c2n[nH]c(-c3cccnc3Cc3ccncc3)n2)c1. The Labute approximate surface area is 151 Å². The zero-order valence-corrected chi connectivity index (χ0v) is 14.3. The first-order chi connectivity index (χ1) is 12.8. The molecule has 1 N–H and O–H groups in total. The molecule has 0 radical (unpaired) electrons. The summed E-state index contributed by atoms with van der Waals surface area (Å²) in [5.41, 5.74) is 3.91. The van der Waals surface area contributed by atoms with E-state index in [2.05, 4.69) is 25.1 Å². The predicted molar refractivity (Wildman–Crippen MR) is 98.6 cm³/mol. The van der Waals surface area contributed by atoms with E-state index < -0.39 is 0 Å². The number of aromatic amines is 1. The number of pyridine rings is 2. The van der Waals surface area contributed by atoms with Crippen molar-refractivity contribution in [1.29, 1.82) is 0 Å². The molecule has 6 heteroatoms. The molecule has 0 bridgehead atoms. The maximum Gasteiger partial charge on any atom is 0.181 e. The molecule has 0 unspecified atom stereocenters. The van der Waals surface area contributed by atoms with Gasteiger partial charge in [0, 0.05) is 36.1 Å². The van der Waals surface area contributed by atoms with Crippen molar-refractivity contribution in [3.63, 3.8) is 0 Å². The smallest absolute Gasteiger partial charge is 0.181 e. The Morgan fingerprint density at radius 1 is 1.00 bits per heavy atom. The van der Waals surface area contributed by atoms with Crippen LogP contribution < -0.4 is 4.74 Å². The number of rotatable bonds is 5. The zero-order valence-electron chi connectivity index (χ0n) is 14.3. The highest BCUT2D eigenvalue weighted by molar-refractivity contribution is 5.64. The normalized spacial score (nSPS) is 10.7. The van der Waals surface area contributed by atoms with Crippen molar-refractivity contribution in [1.82, 2.24) is 25.1 Å². The molecule has 6 nitrogen and oxygen atoms in total. The van der Waals surface area contributed by atoms with Crippen LogP contribution in [-0.2, 0) is 6.42 Å². The average molecular weight is 343 g/mol. The van der Waals surface area contributed by atoms with Gasteiger partial charge in [0.2, 0.25) is 0 Å². The van der Waals surface area contributed by atoms with Crippen molar-refractivity contribution < 1.29 is 4.74 Å². The first-order valence-electron chi connectivity index (χ1n) is 8.23. The Hall–Kier alpha value is -3.54. The Morgan fingerprint density at radius 3 is 2.73 bits per heavy atom. The van der Waals surface area contributed by atoms with E-state index in [1.54, 1.807) is 25.7 Å². The minimum absolute atomic E-state index is 0.623. The third kappa shape index (κ3) is 3.30. The van der Waals surface area contributed by atoms with Crippen LogP contribution in [-0.4, -0.2) is 32.3 Å². The van der Waals surface area contributed by atoms with Crippen LogP contribution in [0.15, 0.2) is 67.1 Å². The molecule has 128 valence electrons. The summed E-state index contributed by atoms with van der Waals surface area (Å²) >= 11 is 0. The number of methoxy groups -OCH3 is 1. The Balaban J connectivity index is 1.67. The van der Waals surface area contributed by atoms with E-state index in [4.69, 9.17) is 4.74 Å². The van der Waals surface area contributed by atoms with E-state index in [-0.39, 0.29) is 0 Å². The molecule has 26 heavy (non-hydrogen) atoms. The summed E-state index contributed by atoms with van der Waals surface area (Å²) in [4.78, 5) is 13.2. The summed E-state index contributed by atoms with van der Waals surface area (Å²) < 4.78 is 5.27. The van der Waals surface area contributed by atoms with Crippen LogP contribution in [0.1, 0.15) is 11.3 Å². The molecule has 0 amide bonds. The van der Waals surface area contributed by atoms with Gasteiger partial charge in [0.1, 0.15) is 5.75 Å². The van der Waals surface area contributed by atoms with Crippen molar-refractivity contribution in [2.24, 2.45) is 0 Å². The number of aromatic nitrogens is 5. The van der Waals surface area contributed by atoms with Gasteiger partial charge in [0.25, 0.3) is 0 Å². The summed E-state index contributed by atoms with van der Waals surface area (Å²) in [6.07, 6.45) is 6.06. The van der Waals surface area contributed by atoms with Gasteiger partial charge in [-0.2, -0.15) is 5.10 Å². The fourth-order valence-electron chi connectivity index (χ4n) is 2.76. The van der Waals surface area contributed by atoms with E-state index in [9.17, 15) is 0 Å². The number of ether oxygens (including phenoxy) is 1. The molecule has 1 aromatic carbocycles. The lowest BCUT2D eigenvalue weighted by molar-refractivity contribution is 0.415. The third-order valence-electron chi connectivity index (χ3n) is 4.08. The minimum atomic E-state index is 0.623. The van der Waals surface area contributed by atoms with Crippen molar-refractivity contribution >= 4 is 0 Å². The van der Waals surface area contributed by atoms with Crippen molar-refractivity contribution in [2.45, 2.75) is 6.42 Å². The number of H-pyrrole nitrogens is 1. The minimum Gasteiger partial charge on any atom is -0.497 e. The molecule has 0 saturated carbocycles. The standard InChI is InChI=1S/C20H17N5O/c1-26-16-5-2-4-15(13-16)19-23-20(25-24-19)17-6-3-9-22-18(17)12-14-7-10-21-11-8-14/h2-11,13H,12H2,1H3,(H,23,24,25). The van der Waals surface area contributed by atoms with Gasteiger partial charge >= 0.3 is 0 Å². The van der Waals surface area contributed by atoms with E-state index in [1.807, 2.05) is 48.5 Å². The summed E-state index contributed by atoms with van der Waals surface area (Å²) in [5, 5.41) is 7.39. The van der Waals surface area contributed by atoms with Gasteiger partial charge in [-0.05, 0) is 42.0 Å². The second-order valence-electron chi connectivity index (χ2n) is 5.77. The Bertz CT molecular complexity index is 1010. The van der Waals surface area contributed by atoms with Crippen molar-refractivity contribution in [3.8, 4) is 28.5 Å². The largest absolute Gasteiger partial charge is 0.497 e. The molecule has 0 fully saturated rings. The quantitative estimate of drug-likeness (QED) is 0.600. The lowest BCUT2D eigenvalue weighted by Gasteiger charge is -2.05. The monoisotopic (exact) mass is 343 g/mol. The number of hydrogen-bond donors (Lipinski definition) is 1. The molecule has 4 rings (SSSR count). The van der Waals surface area contributed by atoms with Crippen molar-refractivity contribution in [2.75, 3.05) is 7.11 Å². The van der Waals surface area contributed by atoms with Crippen LogP contribution in [0, 0.1) is 0 Å². The Morgan fingerprint density at radius 2 is 1.88 bits per heavy atom. The lowest BCUT2D eigenvalue weighted by atomic mass is 10.1. The number of nitrogens with zero attached hydrogens (tertiary/aromatic N) is 4. The van der Waals surface area contributed by atoms with Gasteiger partial charge in [-0.25, -0.2) is 4.98 Å². The van der Waals surface area contributed by atoms with Gasteiger partial charge in [-0.3, -0.25) is 15.1 Å². The second kappa shape index (κ2) is 7.14. The Kier molecular flexibility index (Phi) is 4.38. The maximum atomic E-state index is 5.27. The van der Waals surface area contributed by atoms with Crippen LogP contribution in [0.3, 0.4) is 0 Å². The number of nitrogens with one attached hydrogen (secondary N) is 1. The summed E-state index contributed by atoms with van der Waals surface area (Å²) in [7, 11) is 1.64. The molecule has 0 aliphatic heterocycles. The van der Waals surface area contributed by atoms with Gasteiger partial charge in [-0.1, -0.05) is 12.1 Å². The van der Waals surface area contributed by atoms with Gasteiger partial charge in [-0.15, -0.1) is 0 Å². The molecule has 4 aromatic rings. The number of benzene rings is 1. The molecule has 0 aliphatic carbocycles. The van der Waals surface area contributed by atoms with E-state index >= 15 is 0 Å². The van der Waals surface area contributed by atoms with Crippen LogP contribution in [0.2, 0.25) is 0 Å². The summed E-state index contributed by atoms with van der Waals surface area (Å²) in [6, 6.07) is 15.6. The molecule has 0 atom stereocenters. The molecular weight excluding hydrogens is 326 g/mol. The second-order valence-corrected chi connectivity index (χ2v) is 5.77. The third-order valence-corrected chi connectivity index (χ3v) is 4.08. The maximum absolute atomic E-state index is 5.27. The highest BCUT2D eigenvalue weighted by Crippen LogP contribution is 2.25. The summed E-state index contributed by atoms with van der Waals surface area (Å²) in [5.74, 6) is 2.09. The first-order valence-corrected chi connectivity index (χ1v) is 8.23. The molecule has 3 heterocycles. The van der Waals surface area contributed by atoms with E-state index in [1.165, 1.54) is 0 Å². The van der Waals surface area contributed by atoms with Crippen LogP contribution in [0.4, 0.5) is 0 Å². The fourth-order valence-corrected chi connectivity index (χ4v) is 2.76. The van der Waals surface area contributed by atoms with Crippen LogP contribution in [0.25, 0.3) is 22.8 Å². The average Bonchev–Trinajstić information content (AvgIpc) is 3.19. The highest BCUT2D eigenvalue weighted by atomic mass is 16.5. The van der Waals surface area contributed by atoms with Gasteiger partial charge < -0.3 is 4.74 Å². The van der Waals surface area contributed by atoms with Crippen LogP contribution >= 0.6 is 0 Å². The van der Waals surface area contributed by atoms with Gasteiger partial charge in [0.15, 0.2) is 11.6 Å². The molecular formula is C20H17N5O. The highest BCUT2D eigenvalue weighted by Gasteiger charge is 2.13. The van der Waals surface area contributed by atoms with Gasteiger partial charge in [0.05, 0.1) is 12.8 Å². The number of hydrogen-bond acceptors (Lipinski definition) is 5. The fraction of sp³-hybridized carbons (Fsp3) is 0.100. The topological polar surface area (TPSA) is 76.6 Å². The molecule has 0 saturated heterocycles. The predicted octanol–water partition coefficient (Wildman–Crippen LogP) is 3.53. The first kappa shape index (κ1) is 16.0. The van der Waals surface area contributed by atoms with Crippen molar-refractivity contribution in [3.05, 3.63) is 78.4 Å². The summed E-state index contributed by atoms with van der Waals surface area (Å²) in [6.45, 7) is 0. The van der Waals surface area contributed by atoms with Crippen LogP contribution in [0.5, 0.6) is 5.75 Å².